The fourth-order valence-corrected chi connectivity index (χ4v) is 1.95. The van der Waals surface area contributed by atoms with Gasteiger partial charge < -0.3 is 14.6 Å². The Bertz CT molecular complexity index is 364. The van der Waals surface area contributed by atoms with Crippen LogP contribution < -0.4 is 10.2 Å². The molecule has 0 saturated carbocycles. The van der Waals surface area contributed by atoms with Crippen LogP contribution in [0.4, 0.5) is 6.01 Å². The summed E-state index contributed by atoms with van der Waals surface area (Å²) in [6.07, 6.45) is 3.39. The Morgan fingerprint density at radius 2 is 1.67 bits per heavy atom. The van der Waals surface area contributed by atoms with Crippen LogP contribution in [0, 0.1) is 11.8 Å². The zero-order valence-corrected chi connectivity index (χ0v) is 14.4. The Hall–Kier alpha value is -1.10. The summed E-state index contributed by atoms with van der Waals surface area (Å²) in [5.41, 5.74) is 0. The van der Waals surface area contributed by atoms with E-state index in [1.165, 1.54) is 0 Å². The smallest absolute Gasteiger partial charge is 0.318 e. The van der Waals surface area contributed by atoms with Gasteiger partial charge in [0.1, 0.15) is 0 Å². The summed E-state index contributed by atoms with van der Waals surface area (Å²) in [4.78, 5) is 2.23. The van der Waals surface area contributed by atoms with E-state index in [2.05, 4.69) is 55.0 Å². The van der Waals surface area contributed by atoms with Gasteiger partial charge in [-0.2, -0.15) is 0 Å². The van der Waals surface area contributed by atoms with E-state index in [0.717, 1.165) is 38.9 Å². The Balaban J connectivity index is 2.58. The van der Waals surface area contributed by atoms with Gasteiger partial charge in [0.15, 0.2) is 0 Å². The molecule has 122 valence electrons. The van der Waals surface area contributed by atoms with Crippen molar-refractivity contribution in [3.63, 3.8) is 0 Å². The number of aromatic nitrogens is 2. The molecule has 1 heterocycles. The molecular weight excluding hydrogens is 264 g/mol. The molecule has 21 heavy (non-hydrogen) atoms. The van der Waals surface area contributed by atoms with Gasteiger partial charge in [-0.1, -0.05) is 39.7 Å². The maximum Gasteiger partial charge on any atom is 0.318 e. The van der Waals surface area contributed by atoms with Crippen molar-refractivity contribution in [1.82, 2.24) is 15.5 Å². The molecule has 0 amide bonds. The van der Waals surface area contributed by atoms with Crippen LogP contribution >= 0.6 is 0 Å². The van der Waals surface area contributed by atoms with Crippen LogP contribution in [0.15, 0.2) is 4.42 Å². The molecule has 1 aromatic heterocycles. The van der Waals surface area contributed by atoms with Gasteiger partial charge in [-0.15, -0.1) is 5.10 Å². The van der Waals surface area contributed by atoms with E-state index in [1.807, 2.05) is 0 Å². The molecule has 0 aliphatic rings. The fraction of sp³-hybridized carbons (Fsp3) is 0.875. The van der Waals surface area contributed by atoms with E-state index in [9.17, 15) is 0 Å². The second-order valence-corrected chi connectivity index (χ2v) is 6.51. The van der Waals surface area contributed by atoms with Crippen molar-refractivity contribution in [3.05, 3.63) is 5.89 Å². The normalized spacial score (nSPS) is 11.6. The van der Waals surface area contributed by atoms with Crippen molar-refractivity contribution in [3.8, 4) is 0 Å². The van der Waals surface area contributed by atoms with Crippen molar-refractivity contribution in [1.29, 1.82) is 0 Å². The first-order chi connectivity index (χ1) is 10.0. The van der Waals surface area contributed by atoms with E-state index in [1.54, 1.807) is 0 Å². The van der Waals surface area contributed by atoms with E-state index in [4.69, 9.17) is 4.42 Å². The molecule has 0 aromatic carbocycles. The first-order valence-electron chi connectivity index (χ1n) is 8.31. The Morgan fingerprint density at radius 3 is 2.19 bits per heavy atom. The van der Waals surface area contributed by atoms with Crippen molar-refractivity contribution < 1.29 is 4.42 Å². The first-order valence-corrected chi connectivity index (χ1v) is 8.31. The molecule has 0 unspecified atom stereocenters. The minimum absolute atomic E-state index is 0.656. The quantitative estimate of drug-likeness (QED) is 0.634. The standard InChI is InChI=1S/C16H32N4O/c1-6-9-17-12-15-18-19-16(21-15)20(10-7-13(2)3)11-8-14(4)5/h13-14,17H,6-12H2,1-5H3. The third kappa shape index (κ3) is 7.46. The number of rotatable bonds is 11. The van der Waals surface area contributed by atoms with E-state index < -0.39 is 0 Å². The highest BCUT2D eigenvalue weighted by atomic mass is 16.4. The molecule has 0 saturated heterocycles. The summed E-state index contributed by atoms with van der Waals surface area (Å²) in [5, 5.41) is 11.7. The Labute approximate surface area is 129 Å². The van der Waals surface area contributed by atoms with Gasteiger partial charge in [-0.05, 0) is 37.6 Å². The summed E-state index contributed by atoms with van der Waals surface area (Å²) in [5.74, 6) is 2.04. The first kappa shape index (κ1) is 18.0. The average Bonchev–Trinajstić information content (AvgIpc) is 2.87. The topological polar surface area (TPSA) is 54.2 Å². The van der Waals surface area contributed by atoms with Gasteiger partial charge in [0.25, 0.3) is 0 Å². The zero-order valence-electron chi connectivity index (χ0n) is 14.4. The summed E-state index contributed by atoms with van der Waals surface area (Å²) in [7, 11) is 0. The lowest BCUT2D eigenvalue weighted by molar-refractivity contribution is 0.445. The van der Waals surface area contributed by atoms with E-state index in [-0.39, 0.29) is 0 Å². The van der Waals surface area contributed by atoms with E-state index in [0.29, 0.717) is 30.3 Å². The highest BCUT2D eigenvalue weighted by Crippen LogP contribution is 2.16. The summed E-state index contributed by atoms with van der Waals surface area (Å²) < 4.78 is 5.80. The molecule has 5 nitrogen and oxygen atoms in total. The summed E-state index contributed by atoms with van der Waals surface area (Å²) in [6, 6.07) is 0.671. The lowest BCUT2D eigenvalue weighted by Crippen LogP contribution is -2.27. The van der Waals surface area contributed by atoms with Crippen molar-refractivity contribution in [2.75, 3.05) is 24.5 Å². The molecule has 0 aliphatic heterocycles. The predicted octanol–water partition coefficient (Wildman–Crippen LogP) is 3.47. The number of nitrogens with one attached hydrogen (secondary N) is 1. The molecule has 0 atom stereocenters. The molecule has 1 N–H and O–H groups in total. The van der Waals surface area contributed by atoms with Crippen LogP contribution in [0.25, 0.3) is 0 Å². The fourth-order valence-electron chi connectivity index (χ4n) is 1.95. The number of anilines is 1. The zero-order chi connectivity index (χ0) is 15.7. The van der Waals surface area contributed by atoms with Gasteiger partial charge in [-0.3, -0.25) is 0 Å². The number of hydrogen-bond donors (Lipinski definition) is 1. The second kappa shape index (κ2) is 9.77. The molecule has 0 radical (unpaired) electrons. The van der Waals surface area contributed by atoms with Crippen LogP contribution in [0.5, 0.6) is 0 Å². The van der Waals surface area contributed by atoms with Crippen LogP contribution in [0.3, 0.4) is 0 Å². The van der Waals surface area contributed by atoms with Crippen molar-refractivity contribution >= 4 is 6.01 Å². The van der Waals surface area contributed by atoms with Crippen LogP contribution in [0.2, 0.25) is 0 Å². The molecule has 5 heteroatoms. The largest absolute Gasteiger partial charge is 0.407 e. The third-order valence-corrected chi connectivity index (χ3v) is 3.38. The van der Waals surface area contributed by atoms with Gasteiger partial charge >= 0.3 is 6.01 Å². The van der Waals surface area contributed by atoms with Gasteiger partial charge in [-0.25, -0.2) is 0 Å². The third-order valence-electron chi connectivity index (χ3n) is 3.38. The molecule has 0 fully saturated rings. The molecule has 1 rings (SSSR count). The minimum Gasteiger partial charge on any atom is -0.407 e. The van der Waals surface area contributed by atoms with E-state index >= 15 is 0 Å². The molecular formula is C16H32N4O. The van der Waals surface area contributed by atoms with Crippen LogP contribution in [-0.4, -0.2) is 29.8 Å². The molecule has 0 aliphatic carbocycles. The van der Waals surface area contributed by atoms with Gasteiger partial charge in [0.2, 0.25) is 5.89 Å². The van der Waals surface area contributed by atoms with Gasteiger partial charge in [0.05, 0.1) is 6.54 Å². The maximum absolute atomic E-state index is 5.80. The van der Waals surface area contributed by atoms with Crippen molar-refractivity contribution in [2.45, 2.75) is 60.4 Å². The van der Waals surface area contributed by atoms with Gasteiger partial charge in [0, 0.05) is 13.1 Å². The van der Waals surface area contributed by atoms with Crippen LogP contribution in [0.1, 0.15) is 59.8 Å². The molecule has 0 bridgehead atoms. The lowest BCUT2D eigenvalue weighted by Gasteiger charge is -2.22. The molecule has 1 aromatic rings. The SMILES string of the molecule is CCCNCc1nnc(N(CCC(C)C)CCC(C)C)o1. The highest BCUT2D eigenvalue weighted by Gasteiger charge is 2.15. The lowest BCUT2D eigenvalue weighted by atomic mass is 10.1. The monoisotopic (exact) mass is 296 g/mol. The summed E-state index contributed by atoms with van der Waals surface area (Å²) in [6.45, 7) is 14.7. The molecule has 0 spiro atoms. The maximum atomic E-state index is 5.80. The predicted molar refractivity (Wildman–Crippen MR) is 87.4 cm³/mol. The number of hydrogen-bond acceptors (Lipinski definition) is 5. The Kier molecular flexibility index (Phi) is 8.35. The Morgan fingerprint density at radius 1 is 1.05 bits per heavy atom. The average molecular weight is 296 g/mol. The second-order valence-electron chi connectivity index (χ2n) is 6.51. The summed E-state index contributed by atoms with van der Waals surface area (Å²) >= 11 is 0. The number of nitrogens with zero attached hydrogens (tertiary/aromatic N) is 3. The highest BCUT2D eigenvalue weighted by molar-refractivity contribution is 5.23. The van der Waals surface area contributed by atoms with Crippen LogP contribution in [-0.2, 0) is 6.54 Å². The van der Waals surface area contributed by atoms with Crippen molar-refractivity contribution in [2.24, 2.45) is 11.8 Å². The minimum atomic E-state index is 0.656.